The van der Waals surface area contributed by atoms with Crippen molar-refractivity contribution in [3.63, 3.8) is 0 Å². The van der Waals surface area contributed by atoms with Crippen molar-refractivity contribution < 1.29 is 4.70 Å². The van der Waals surface area contributed by atoms with Crippen LogP contribution < -0.4 is 0 Å². The molecule has 430 valence electrons. The fourth-order valence-electron chi connectivity index (χ4n) is 11.9. The number of nitrogens with zero attached hydrogens (tertiary/aromatic N) is 2. The maximum atomic E-state index is 12.1. The molecule has 0 fully saturated rings. The summed E-state index contributed by atoms with van der Waals surface area (Å²) >= 11 is 0. The minimum atomic E-state index is 0.939. The number of unbranched alkanes of at least 4 members (excludes halogenated alkanes) is 43. The maximum absolute atomic E-state index is 12.1. The number of aryl methyl sites for hydroxylation is 2. The van der Waals surface area contributed by atoms with Gasteiger partial charge in [-0.05, 0) is 100 Å². The lowest BCUT2D eigenvalue weighted by Crippen LogP contribution is -2.06. The van der Waals surface area contributed by atoms with Crippen LogP contribution in [0, 0.1) is 0 Å². The van der Waals surface area contributed by atoms with Crippen LogP contribution >= 0.6 is 0 Å². The zero-order valence-electron chi connectivity index (χ0n) is 51.0. The summed E-state index contributed by atoms with van der Waals surface area (Å²) in [6.07, 6.45) is 81.7. The van der Waals surface area contributed by atoms with E-state index in [2.05, 4.69) is 99.7 Å². The summed E-state index contributed by atoms with van der Waals surface area (Å²) in [7, 11) is 0. The molecule has 0 aliphatic carbocycles. The molecule has 0 atom stereocenters. The zero-order valence-corrected chi connectivity index (χ0v) is 51.0. The van der Waals surface area contributed by atoms with Crippen molar-refractivity contribution in [1.82, 2.24) is 0 Å². The molecule has 0 unspecified atom stereocenters. The molecule has 0 saturated heterocycles. The predicted octanol–water partition coefficient (Wildman–Crippen LogP) is 25.9. The van der Waals surface area contributed by atoms with Crippen LogP contribution in [-0.4, -0.2) is 4.70 Å². The molecule has 2 nitrogen and oxygen atoms in total. The van der Waals surface area contributed by atoms with Crippen molar-refractivity contribution in [2.24, 2.45) is 0 Å². The predicted molar refractivity (Wildman–Crippen MR) is 340 cm³/mol. The molecule has 0 bridgehead atoms. The molecule has 0 spiro atoms. The van der Waals surface area contributed by atoms with Gasteiger partial charge in [-0.1, -0.05) is 332 Å². The van der Waals surface area contributed by atoms with Gasteiger partial charge in [0.15, 0.2) is 0 Å². The Labute approximate surface area is 474 Å². The second-order valence-corrected chi connectivity index (χ2v) is 23.9. The minimum absolute atomic E-state index is 0.939. The van der Waals surface area contributed by atoms with Gasteiger partial charge in [0.2, 0.25) is 11.4 Å². The third-order valence-corrected chi connectivity index (χ3v) is 16.8. The molecule has 0 N–H and O–H groups in total. The van der Waals surface area contributed by atoms with E-state index in [4.69, 9.17) is 0 Å². The lowest BCUT2D eigenvalue weighted by atomic mass is 9.96. The van der Waals surface area contributed by atoms with E-state index in [-0.39, 0.29) is 0 Å². The Morgan fingerprint density at radius 3 is 0.921 bits per heavy atom. The molecule has 3 rings (SSSR count). The van der Waals surface area contributed by atoms with Gasteiger partial charge in [0.25, 0.3) is 0 Å². The van der Waals surface area contributed by atoms with Crippen LogP contribution in [0.1, 0.15) is 358 Å². The molecule has 2 heteroatoms. The average Bonchev–Trinajstić information content (AvgIpc) is 3.78. The van der Waals surface area contributed by atoms with E-state index in [1.54, 1.807) is 4.70 Å². The van der Waals surface area contributed by atoms with E-state index in [1.807, 2.05) is 0 Å². The normalized spacial score (nSPS) is 12.9. The summed E-state index contributed by atoms with van der Waals surface area (Å²) in [5, 5.41) is 0. The van der Waals surface area contributed by atoms with Crippen LogP contribution in [0.15, 0.2) is 84.5 Å². The molecular weight excluding hydrogens is 917 g/mol. The number of allylic oxidation sites excluding steroid dienone is 6. The van der Waals surface area contributed by atoms with Gasteiger partial charge in [0.1, 0.15) is 0 Å². The standard InChI is InChI=1S/C74H124N2/c1-4-7-10-12-14-16-18-20-22-24-26-28-30-32-34-36-38-40-42-44-46-48-50-52-54-61-68-63-56-58-65-71(68)73-67-70(60-9-6-3)74(76(73)75)72-66-59-57-64-69(72)62-55-53-51-49-47-45-43-41-39-37-35-33-31-29-27-25-23-21-19-17-15-13-11-8-5-2/h48-51,56-59,63-67H,4-47,52-55,60-62H2,1-3H3. The van der Waals surface area contributed by atoms with Crippen LogP contribution in [0.5, 0.6) is 0 Å². The maximum Gasteiger partial charge on any atom is 0.211 e. The molecular formula is C74H124N2. The van der Waals surface area contributed by atoms with Gasteiger partial charge in [-0.2, -0.15) is 0 Å². The molecule has 0 saturated carbocycles. The summed E-state index contributed by atoms with van der Waals surface area (Å²) in [6, 6.07) is 17.7. The molecule has 0 radical (unpaired) electrons. The lowest BCUT2D eigenvalue weighted by molar-refractivity contribution is -0.344. The van der Waals surface area contributed by atoms with E-state index < -0.39 is 0 Å². The van der Waals surface area contributed by atoms with E-state index in [0.717, 1.165) is 69.2 Å². The Balaban J connectivity index is 1.24. The summed E-state index contributed by atoms with van der Waals surface area (Å²) in [5.41, 5.74) is 20.3. The van der Waals surface area contributed by atoms with Gasteiger partial charge in [0.05, 0.1) is 0 Å². The van der Waals surface area contributed by atoms with Crippen molar-refractivity contribution in [1.29, 1.82) is 0 Å². The van der Waals surface area contributed by atoms with Crippen molar-refractivity contribution in [2.75, 3.05) is 0 Å². The van der Waals surface area contributed by atoms with Crippen LogP contribution in [0.2, 0.25) is 0 Å². The zero-order chi connectivity index (χ0) is 53.9. The first-order valence-electron chi connectivity index (χ1n) is 34.1. The van der Waals surface area contributed by atoms with Gasteiger partial charge in [-0.3, -0.25) is 0 Å². The van der Waals surface area contributed by atoms with Gasteiger partial charge >= 0.3 is 0 Å². The molecule has 1 heterocycles. The number of rotatable bonds is 55. The van der Waals surface area contributed by atoms with Gasteiger partial charge in [0, 0.05) is 22.8 Å². The summed E-state index contributed by atoms with van der Waals surface area (Å²) < 4.78 is 1.55. The number of benzene rings is 2. The molecule has 2 aromatic carbocycles. The van der Waals surface area contributed by atoms with E-state index >= 15 is 0 Å². The highest BCUT2D eigenvalue weighted by atomic mass is 15.2. The molecule has 0 amide bonds. The largest absolute Gasteiger partial charge is 0.493 e. The Kier molecular flexibility index (Phi) is 44.5. The van der Waals surface area contributed by atoms with Gasteiger partial charge in [-0.25, -0.2) is 4.70 Å². The Morgan fingerprint density at radius 2 is 0.579 bits per heavy atom. The SMILES string of the molecule is CCCCCCCCCCCCCCCCCCCCCCC=CCCCc1ccccc1C1=CC(CCCC)=C(c2ccccc2CCCC=CCCCCCCCCCCCCCCCCCCCCCC)[N+]1=[N-]. The third-order valence-electron chi connectivity index (χ3n) is 16.8. The summed E-state index contributed by atoms with van der Waals surface area (Å²) in [6.45, 7) is 6.89. The number of hydrogen-bond acceptors (Lipinski definition) is 0. The van der Waals surface area contributed by atoms with Crippen molar-refractivity contribution in [3.8, 4) is 0 Å². The average molecular weight is 1040 g/mol. The topological polar surface area (TPSA) is 25.3 Å². The number of hydrogen-bond donors (Lipinski definition) is 0. The van der Waals surface area contributed by atoms with Crippen LogP contribution in [-0.2, 0) is 12.8 Å². The quantitative estimate of drug-likeness (QED) is 0.0358. The Bertz CT molecular complexity index is 1770. The minimum Gasteiger partial charge on any atom is -0.493 e. The first kappa shape index (κ1) is 67.3. The van der Waals surface area contributed by atoms with Crippen LogP contribution in [0.25, 0.3) is 16.9 Å². The lowest BCUT2D eigenvalue weighted by Gasteiger charge is -2.15. The second-order valence-electron chi connectivity index (χ2n) is 23.9. The van der Waals surface area contributed by atoms with Gasteiger partial charge < -0.3 is 5.53 Å². The molecule has 1 aliphatic heterocycles. The molecule has 1 aliphatic rings. The first-order valence-corrected chi connectivity index (χ1v) is 34.1. The second kappa shape index (κ2) is 50.2. The highest BCUT2D eigenvalue weighted by Gasteiger charge is 2.31. The fourth-order valence-corrected chi connectivity index (χ4v) is 11.9. The van der Waals surface area contributed by atoms with Crippen molar-refractivity contribution in [3.05, 3.63) is 112 Å². The molecule has 0 aromatic heterocycles. The molecule has 2 aromatic rings. The highest BCUT2D eigenvalue weighted by molar-refractivity contribution is 5.80. The monoisotopic (exact) mass is 1040 g/mol. The van der Waals surface area contributed by atoms with Crippen LogP contribution in [0.4, 0.5) is 0 Å². The Morgan fingerprint density at radius 1 is 0.303 bits per heavy atom. The van der Waals surface area contributed by atoms with Crippen molar-refractivity contribution in [2.45, 2.75) is 348 Å². The van der Waals surface area contributed by atoms with E-state index in [0.29, 0.717) is 0 Å². The highest BCUT2D eigenvalue weighted by Crippen LogP contribution is 2.40. The Hall–Kier alpha value is -3.00. The van der Waals surface area contributed by atoms with E-state index in [1.165, 1.54) is 298 Å². The van der Waals surface area contributed by atoms with Crippen molar-refractivity contribution >= 4 is 11.4 Å². The summed E-state index contributed by atoms with van der Waals surface area (Å²) in [5.74, 6) is 0. The van der Waals surface area contributed by atoms with Crippen LogP contribution in [0.3, 0.4) is 0 Å². The smallest absolute Gasteiger partial charge is 0.211 e. The van der Waals surface area contributed by atoms with Gasteiger partial charge in [-0.15, -0.1) is 0 Å². The molecule has 76 heavy (non-hydrogen) atoms. The fraction of sp³-hybridized carbons (Fsp3) is 0.730. The summed E-state index contributed by atoms with van der Waals surface area (Å²) in [4.78, 5) is 0. The third kappa shape index (κ3) is 34.1. The van der Waals surface area contributed by atoms with E-state index in [9.17, 15) is 5.53 Å². The first-order chi connectivity index (χ1) is 37.7.